The van der Waals surface area contributed by atoms with Crippen LogP contribution in [0.5, 0.6) is 0 Å². The molecule has 2 rings (SSSR count). The topological polar surface area (TPSA) is 52.6 Å². The summed E-state index contributed by atoms with van der Waals surface area (Å²) >= 11 is 3.75. The lowest BCUT2D eigenvalue weighted by Gasteiger charge is -2.17. The molecule has 2 N–H and O–H groups in total. The van der Waals surface area contributed by atoms with Gasteiger partial charge in [-0.15, -0.1) is 11.3 Å². The van der Waals surface area contributed by atoms with E-state index >= 15 is 0 Å². The Hall–Kier alpha value is -0.950. The number of nitrogens with one attached hydrogen (secondary N) is 2. The van der Waals surface area contributed by atoms with Gasteiger partial charge < -0.3 is 15.5 Å². The molecule has 0 bridgehead atoms. The summed E-state index contributed by atoms with van der Waals surface area (Å²) in [7, 11) is 4.03. The fourth-order valence-electron chi connectivity index (χ4n) is 2.71. The van der Waals surface area contributed by atoms with Gasteiger partial charge in [0.05, 0.1) is 12.2 Å². The Bertz CT molecular complexity index is 500. The molecule has 1 saturated carbocycles. The summed E-state index contributed by atoms with van der Waals surface area (Å²) in [6.45, 7) is 5.85. The summed E-state index contributed by atoms with van der Waals surface area (Å²) in [6.07, 6.45) is 3.79. The summed E-state index contributed by atoms with van der Waals surface area (Å²) in [6, 6.07) is 0.546. The van der Waals surface area contributed by atoms with Crippen LogP contribution in [-0.2, 0) is 6.54 Å². The van der Waals surface area contributed by atoms with Crippen molar-refractivity contribution in [3.63, 3.8) is 0 Å². The first-order valence-corrected chi connectivity index (χ1v) is 10.3. The van der Waals surface area contributed by atoms with E-state index in [0.29, 0.717) is 12.6 Å². The maximum atomic E-state index is 4.70. The number of aliphatic imine (C=N–C) groups is 1. The Morgan fingerprint density at radius 1 is 1.43 bits per heavy atom. The highest BCUT2D eigenvalue weighted by Gasteiger charge is 2.25. The van der Waals surface area contributed by atoms with Crippen molar-refractivity contribution in [2.24, 2.45) is 4.99 Å². The van der Waals surface area contributed by atoms with E-state index in [0.717, 1.165) is 28.6 Å². The third-order valence-corrected chi connectivity index (χ3v) is 6.08. The number of hydrogen-bond acceptors (Lipinski definition) is 5. The summed E-state index contributed by atoms with van der Waals surface area (Å²) < 4.78 is 0. The highest BCUT2D eigenvalue weighted by atomic mass is 32.2. The summed E-state index contributed by atoms with van der Waals surface area (Å²) in [4.78, 5) is 11.3. The molecule has 2 unspecified atom stereocenters. The van der Waals surface area contributed by atoms with E-state index in [-0.39, 0.29) is 0 Å². The number of guanidine groups is 1. The monoisotopic (exact) mass is 355 g/mol. The van der Waals surface area contributed by atoms with Crippen molar-refractivity contribution in [3.05, 3.63) is 11.1 Å². The number of thioether (sulfide) groups is 1. The predicted molar refractivity (Wildman–Crippen MR) is 104 cm³/mol. The van der Waals surface area contributed by atoms with Gasteiger partial charge in [0.25, 0.3) is 0 Å². The number of aromatic nitrogens is 1. The van der Waals surface area contributed by atoms with Gasteiger partial charge in [-0.25, -0.2) is 9.98 Å². The third kappa shape index (κ3) is 5.88. The molecule has 1 aliphatic carbocycles. The first-order valence-electron chi connectivity index (χ1n) is 8.40. The maximum Gasteiger partial charge on any atom is 0.191 e. The molecule has 7 heteroatoms. The molecule has 1 aliphatic rings. The first-order chi connectivity index (χ1) is 11.1. The van der Waals surface area contributed by atoms with E-state index < -0.39 is 0 Å². The van der Waals surface area contributed by atoms with Crippen LogP contribution in [0.1, 0.15) is 38.8 Å². The molecular formula is C16H29N5S2. The standard InChI is InChI=1S/C16H29N5S2/c1-5-17-15(19-12-7-8-14(9-12)22-6-2)18-10-13-11-23-16(20-13)21(3)4/h11-12,14H,5-10H2,1-4H3,(H2,17,18,19). The Morgan fingerprint density at radius 3 is 2.91 bits per heavy atom. The molecule has 23 heavy (non-hydrogen) atoms. The van der Waals surface area contributed by atoms with Gasteiger partial charge in [-0.2, -0.15) is 11.8 Å². The summed E-state index contributed by atoms with van der Waals surface area (Å²) in [5, 5.41) is 10.9. The molecule has 0 aromatic carbocycles. The van der Waals surface area contributed by atoms with Crippen molar-refractivity contribution in [2.45, 2.75) is 50.9 Å². The van der Waals surface area contributed by atoms with E-state index in [9.17, 15) is 0 Å². The van der Waals surface area contributed by atoms with Gasteiger partial charge >= 0.3 is 0 Å². The van der Waals surface area contributed by atoms with Crippen LogP contribution >= 0.6 is 23.1 Å². The molecule has 0 saturated heterocycles. The lowest BCUT2D eigenvalue weighted by molar-refractivity contribution is 0.615. The van der Waals surface area contributed by atoms with E-state index in [1.54, 1.807) is 11.3 Å². The first kappa shape index (κ1) is 18.4. The van der Waals surface area contributed by atoms with Gasteiger partial charge in [-0.3, -0.25) is 0 Å². The molecule has 1 aromatic heterocycles. The highest BCUT2D eigenvalue weighted by molar-refractivity contribution is 7.99. The summed E-state index contributed by atoms with van der Waals surface area (Å²) in [5.74, 6) is 2.13. The number of hydrogen-bond donors (Lipinski definition) is 2. The predicted octanol–water partition coefficient (Wildman–Crippen LogP) is 2.94. The van der Waals surface area contributed by atoms with Crippen LogP contribution in [0.25, 0.3) is 0 Å². The highest BCUT2D eigenvalue weighted by Crippen LogP contribution is 2.29. The van der Waals surface area contributed by atoms with Crippen molar-refractivity contribution in [3.8, 4) is 0 Å². The molecule has 0 radical (unpaired) electrons. The molecule has 2 atom stereocenters. The molecular weight excluding hydrogens is 326 g/mol. The number of anilines is 1. The van der Waals surface area contributed by atoms with Gasteiger partial charge in [0.1, 0.15) is 0 Å². The smallest absolute Gasteiger partial charge is 0.191 e. The summed E-state index contributed by atoms with van der Waals surface area (Å²) in [5.41, 5.74) is 1.03. The van der Waals surface area contributed by atoms with Crippen LogP contribution in [0.15, 0.2) is 10.4 Å². The lowest BCUT2D eigenvalue weighted by Crippen LogP contribution is -2.42. The molecule has 130 valence electrons. The molecule has 0 spiro atoms. The Morgan fingerprint density at radius 2 is 2.26 bits per heavy atom. The Kier molecular flexibility index (Phi) is 7.49. The van der Waals surface area contributed by atoms with Crippen LogP contribution in [0, 0.1) is 0 Å². The van der Waals surface area contributed by atoms with Crippen LogP contribution in [0.4, 0.5) is 5.13 Å². The van der Waals surface area contributed by atoms with Crippen molar-refractivity contribution in [1.82, 2.24) is 15.6 Å². The fourth-order valence-corrected chi connectivity index (χ4v) is 4.60. The van der Waals surface area contributed by atoms with Crippen LogP contribution in [-0.4, -0.2) is 48.6 Å². The maximum absolute atomic E-state index is 4.70. The number of nitrogens with zero attached hydrogens (tertiary/aromatic N) is 3. The number of thiazole rings is 1. The van der Waals surface area contributed by atoms with Gasteiger partial charge in [0.15, 0.2) is 11.1 Å². The van der Waals surface area contributed by atoms with Gasteiger partial charge in [0, 0.05) is 37.3 Å². The molecule has 0 amide bonds. The Balaban J connectivity index is 1.89. The van der Waals surface area contributed by atoms with Gasteiger partial charge in [0.2, 0.25) is 0 Å². The molecule has 0 aliphatic heterocycles. The van der Waals surface area contributed by atoms with Gasteiger partial charge in [-0.1, -0.05) is 6.92 Å². The minimum Gasteiger partial charge on any atom is -0.357 e. The Labute approximate surface area is 148 Å². The van der Waals surface area contributed by atoms with Crippen LogP contribution in [0.2, 0.25) is 0 Å². The largest absolute Gasteiger partial charge is 0.357 e. The van der Waals surface area contributed by atoms with Crippen molar-refractivity contribution < 1.29 is 0 Å². The zero-order valence-electron chi connectivity index (χ0n) is 14.6. The zero-order valence-corrected chi connectivity index (χ0v) is 16.3. The second kappa shape index (κ2) is 9.37. The second-order valence-corrected chi connectivity index (χ2v) is 8.36. The van der Waals surface area contributed by atoms with Crippen molar-refractivity contribution >= 4 is 34.2 Å². The van der Waals surface area contributed by atoms with Crippen LogP contribution < -0.4 is 15.5 Å². The molecule has 1 fully saturated rings. The SMILES string of the molecule is CCNC(=NCc1csc(N(C)C)n1)NC1CCC(SCC)C1. The van der Waals surface area contributed by atoms with E-state index in [2.05, 4.69) is 46.6 Å². The van der Waals surface area contributed by atoms with Crippen molar-refractivity contribution in [2.75, 3.05) is 31.3 Å². The van der Waals surface area contributed by atoms with Crippen molar-refractivity contribution in [1.29, 1.82) is 0 Å². The molecule has 1 aromatic rings. The zero-order chi connectivity index (χ0) is 16.7. The average molecular weight is 356 g/mol. The average Bonchev–Trinajstić information content (AvgIpc) is 3.15. The number of rotatable bonds is 7. The fraction of sp³-hybridized carbons (Fsp3) is 0.750. The lowest BCUT2D eigenvalue weighted by atomic mass is 10.2. The normalized spacial score (nSPS) is 21.5. The molecule has 1 heterocycles. The van der Waals surface area contributed by atoms with E-state index in [4.69, 9.17) is 4.99 Å². The molecule has 5 nitrogen and oxygen atoms in total. The van der Waals surface area contributed by atoms with E-state index in [1.165, 1.54) is 25.0 Å². The van der Waals surface area contributed by atoms with Gasteiger partial charge in [-0.05, 0) is 31.9 Å². The second-order valence-electron chi connectivity index (χ2n) is 5.94. The third-order valence-electron chi connectivity index (χ3n) is 3.79. The van der Waals surface area contributed by atoms with E-state index in [1.807, 2.05) is 19.0 Å². The minimum atomic E-state index is 0.546. The quantitative estimate of drug-likeness (QED) is 0.582. The van der Waals surface area contributed by atoms with Crippen LogP contribution in [0.3, 0.4) is 0 Å². The minimum absolute atomic E-state index is 0.546.